The largest absolute Gasteiger partial charge is 1.00 e. The number of nitrogens with one attached hydrogen (secondary N) is 1. The smallest absolute Gasteiger partial charge is 0.811 e. The van der Waals surface area contributed by atoms with Gasteiger partial charge in [-0.2, -0.15) is 0 Å². The number of imidazole rings is 1. The Bertz CT molecular complexity index is 919. The summed E-state index contributed by atoms with van der Waals surface area (Å²) in [5.41, 5.74) is -0.124. The summed E-state index contributed by atoms with van der Waals surface area (Å²) < 4.78 is 33.0. The molecule has 1 atom stereocenters. The van der Waals surface area contributed by atoms with Gasteiger partial charge in [-0.05, 0) is 20.2 Å². The van der Waals surface area contributed by atoms with Crippen molar-refractivity contribution in [2.45, 2.75) is 19.1 Å². The number of hydrogen-bond donors (Lipinski definition) is 1. The molecular formula is C12H16N4Na4O9P2. The van der Waals surface area contributed by atoms with Crippen molar-refractivity contribution in [1.29, 1.82) is 0 Å². The van der Waals surface area contributed by atoms with Crippen LogP contribution in [0.2, 0.25) is 0 Å². The van der Waals surface area contributed by atoms with E-state index in [2.05, 4.69) is 15.0 Å². The topological polar surface area (TPSA) is 208 Å². The van der Waals surface area contributed by atoms with Crippen molar-refractivity contribution in [1.82, 2.24) is 19.5 Å². The molecule has 31 heavy (non-hydrogen) atoms. The monoisotopic (exact) mass is 514 g/mol. The number of nitrogens with zero attached hydrogens (tertiary/aromatic N) is 3. The van der Waals surface area contributed by atoms with Gasteiger partial charge < -0.3 is 47.7 Å². The number of rotatable bonds is 11. The van der Waals surface area contributed by atoms with Gasteiger partial charge in [0.15, 0.2) is 11.2 Å². The maximum absolute atomic E-state index is 11.7. The maximum atomic E-state index is 11.7. The van der Waals surface area contributed by atoms with E-state index in [-0.39, 0.29) is 156 Å². The summed E-state index contributed by atoms with van der Waals surface area (Å²) in [4.78, 5) is 64.5. The molecule has 0 amide bonds. The maximum Gasteiger partial charge on any atom is 1.00 e. The van der Waals surface area contributed by atoms with Gasteiger partial charge in [0.05, 0.1) is 38.3 Å². The Hall–Kier alpha value is 2.57. The van der Waals surface area contributed by atoms with Crippen molar-refractivity contribution in [3.63, 3.8) is 0 Å². The number of H-pyrrole nitrogens is 1. The average Bonchev–Trinajstić information content (AvgIpc) is 2.93. The average molecular weight is 514 g/mol. The van der Waals surface area contributed by atoms with Gasteiger partial charge in [-0.3, -0.25) is 4.79 Å². The van der Waals surface area contributed by atoms with Gasteiger partial charge in [0.25, 0.3) is 5.56 Å². The number of fused-ring (bicyclic) bond motifs is 1. The van der Waals surface area contributed by atoms with Gasteiger partial charge in [0.1, 0.15) is 0 Å². The van der Waals surface area contributed by atoms with Gasteiger partial charge in [-0.25, -0.2) is 9.97 Å². The predicted molar refractivity (Wildman–Crippen MR) is 83.4 cm³/mol. The standard InChI is InChI=1S/C12H20N4O9P2.4Na/c17-12-10-11(13-6-14-12)16(7-15-10)4-9(5-24-8-27(21,22)23)25-2-1-3-26(18,19)20;;;;/h6-7,9H,1-5,8H2,(H,13,14,17)(H2,18,19,20)(H2,21,22,23);;;;/q;4*+1/p-4/t9-;;;;/m1..../s1. The third-order valence-corrected chi connectivity index (χ3v) is 4.65. The summed E-state index contributed by atoms with van der Waals surface area (Å²) in [6.07, 6.45) is -0.00892. The van der Waals surface area contributed by atoms with Crippen LogP contribution >= 0.6 is 15.2 Å². The second-order valence-electron chi connectivity index (χ2n) is 5.59. The summed E-state index contributed by atoms with van der Waals surface area (Å²) in [7, 11) is -9.52. The summed E-state index contributed by atoms with van der Waals surface area (Å²) in [5, 5.41) is 0. The van der Waals surface area contributed by atoms with E-state index in [9.17, 15) is 33.5 Å². The quantitative estimate of drug-likeness (QED) is 0.169. The predicted octanol–water partition coefficient (Wildman–Crippen LogP) is -15.3. The molecule has 0 aliphatic rings. The van der Waals surface area contributed by atoms with Crippen molar-refractivity contribution < 1.29 is 156 Å². The summed E-state index contributed by atoms with van der Waals surface area (Å²) >= 11 is 0. The molecule has 2 aromatic rings. The molecule has 0 unspecified atom stereocenters. The van der Waals surface area contributed by atoms with Crippen molar-refractivity contribution >= 4 is 26.4 Å². The Kier molecular flexibility index (Phi) is 22.0. The Morgan fingerprint density at radius 1 is 1.06 bits per heavy atom. The third kappa shape index (κ3) is 15.3. The minimum absolute atomic E-state index is 0. The molecule has 0 bridgehead atoms. The van der Waals surface area contributed by atoms with Crippen LogP contribution in [0.15, 0.2) is 17.4 Å². The first kappa shape index (κ1) is 38.1. The molecule has 152 valence electrons. The Morgan fingerprint density at radius 2 is 1.71 bits per heavy atom. The van der Waals surface area contributed by atoms with E-state index in [4.69, 9.17) is 9.47 Å². The van der Waals surface area contributed by atoms with Gasteiger partial charge in [-0.15, -0.1) is 0 Å². The SMILES string of the molecule is O=c1[nH]cnc2c1ncn2C[C@H](COCP(=O)([O-])[O-])OCCCP(=O)([O-])[O-].[Na+].[Na+].[Na+].[Na+]. The molecule has 0 aliphatic carbocycles. The minimum Gasteiger partial charge on any atom is -0.811 e. The first-order chi connectivity index (χ1) is 12.6. The van der Waals surface area contributed by atoms with Crippen LogP contribution in [-0.4, -0.2) is 51.3 Å². The summed E-state index contributed by atoms with van der Waals surface area (Å²) in [5.74, 6) is 0. The molecule has 0 saturated heterocycles. The first-order valence-corrected chi connectivity index (χ1v) is 11.1. The molecule has 0 radical (unpaired) electrons. The van der Waals surface area contributed by atoms with E-state index in [1.165, 1.54) is 17.2 Å². The fourth-order valence-electron chi connectivity index (χ4n) is 2.20. The van der Waals surface area contributed by atoms with Gasteiger partial charge in [0.2, 0.25) is 0 Å². The van der Waals surface area contributed by atoms with E-state index < -0.39 is 39.4 Å². The van der Waals surface area contributed by atoms with Crippen LogP contribution in [0.1, 0.15) is 6.42 Å². The molecule has 0 spiro atoms. The van der Waals surface area contributed by atoms with Crippen LogP contribution in [0.4, 0.5) is 0 Å². The number of ether oxygens (including phenoxy) is 2. The molecule has 2 rings (SSSR count). The van der Waals surface area contributed by atoms with Crippen molar-refractivity contribution in [2.75, 3.05) is 25.7 Å². The van der Waals surface area contributed by atoms with Crippen molar-refractivity contribution in [3.8, 4) is 0 Å². The zero-order valence-electron chi connectivity index (χ0n) is 17.9. The van der Waals surface area contributed by atoms with E-state index in [1.807, 2.05) is 0 Å². The minimum atomic E-state index is -4.87. The van der Waals surface area contributed by atoms with Crippen LogP contribution in [-0.2, 0) is 25.1 Å². The van der Waals surface area contributed by atoms with E-state index in [1.54, 1.807) is 0 Å². The fraction of sp³-hybridized carbons (Fsp3) is 0.583. The molecule has 13 nitrogen and oxygen atoms in total. The molecule has 0 aliphatic heterocycles. The second-order valence-corrected chi connectivity index (χ2v) is 8.74. The van der Waals surface area contributed by atoms with Crippen LogP contribution in [0.5, 0.6) is 0 Å². The number of aromatic amines is 1. The number of aromatic nitrogens is 4. The van der Waals surface area contributed by atoms with E-state index in [0.717, 1.165) is 0 Å². The van der Waals surface area contributed by atoms with E-state index in [0.29, 0.717) is 0 Å². The molecule has 19 heteroatoms. The van der Waals surface area contributed by atoms with Crippen molar-refractivity contribution in [2.24, 2.45) is 0 Å². The number of hydrogen-bond acceptors (Lipinski definition) is 11. The molecule has 0 fully saturated rings. The molecule has 0 saturated carbocycles. The summed E-state index contributed by atoms with van der Waals surface area (Å²) in [6.45, 7) is -0.388. The summed E-state index contributed by atoms with van der Waals surface area (Å²) in [6, 6.07) is 0. The fourth-order valence-corrected chi connectivity index (χ4v) is 3.05. The second kappa shape index (κ2) is 17.9. The van der Waals surface area contributed by atoms with Crippen LogP contribution in [0.25, 0.3) is 11.2 Å². The zero-order valence-corrected chi connectivity index (χ0v) is 27.7. The van der Waals surface area contributed by atoms with Crippen LogP contribution < -0.4 is 143 Å². The molecule has 1 N–H and O–H groups in total. The Balaban J connectivity index is -0.00000196. The van der Waals surface area contributed by atoms with Gasteiger partial charge in [-0.1, -0.05) is 7.60 Å². The van der Waals surface area contributed by atoms with E-state index >= 15 is 0 Å². The third-order valence-electron chi connectivity index (χ3n) is 3.29. The molecule has 2 heterocycles. The zero-order chi connectivity index (χ0) is 20.1. The molecular weight excluding hydrogens is 498 g/mol. The van der Waals surface area contributed by atoms with Gasteiger partial charge in [0, 0.05) is 6.61 Å². The molecule has 2 aromatic heterocycles. The molecule has 0 aromatic carbocycles. The normalized spacial score (nSPS) is 12.1. The Labute approximate surface area is 266 Å². The first-order valence-electron chi connectivity index (χ1n) is 7.65. The Morgan fingerprint density at radius 3 is 2.29 bits per heavy atom. The van der Waals surface area contributed by atoms with Gasteiger partial charge >= 0.3 is 118 Å². The van der Waals surface area contributed by atoms with Crippen LogP contribution in [0, 0.1) is 0 Å². The van der Waals surface area contributed by atoms with Crippen molar-refractivity contribution in [3.05, 3.63) is 23.0 Å². The van der Waals surface area contributed by atoms with Crippen LogP contribution in [0.3, 0.4) is 0 Å².